The summed E-state index contributed by atoms with van der Waals surface area (Å²) in [6, 6.07) is 3.48. The van der Waals surface area contributed by atoms with Gasteiger partial charge in [0.15, 0.2) is 5.82 Å². The number of aliphatic carboxylic acids is 1. The van der Waals surface area contributed by atoms with E-state index in [2.05, 4.69) is 10.3 Å². The molecule has 2 N–H and O–H groups in total. The second-order valence-electron chi connectivity index (χ2n) is 3.70. The van der Waals surface area contributed by atoms with Gasteiger partial charge in [-0.05, 0) is 12.1 Å². The summed E-state index contributed by atoms with van der Waals surface area (Å²) in [6.45, 7) is 0. The number of rotatable bonds is 6. The van der Waals surface area contributed by atoms with Crippen LogP contribution in [0.1, 0.15) is 0 Å². The van der Waals surface area contributed by atoms with E-state index in [9.17, 15) is 9.59 Å². The van der Waals surface area contributed by atoms with Crippen LogP contribution in [-0.4, -0.2) is 47.6 Å². The van der Waals surface area contributed by atoms with Crippen LogP contribution in [0.2, 0.25) is 0 Å². The molecule has 1 amide bonds. The maximum atomic E-state index is 11.6. The molecule has 0 aliphatic carbocycles. The first-order valence-electron chi connectivity index (χ1n) is 5.22. The number of carboxylic acids is 1. The van der Waals surface area contributed by atoms with E-state index in [1.54, 1.807) is 23.2 Å². The first kappa shape index (κ1) is 14.3. The quantitative estimate of drug-likeness (QED) is 0.798. The molecule has 0 fully saturated rings. The number of anilines is 2. The van der Waals surface area contributed by atoms with Crippen molar-refractivity contribution in [1.29, 1.82) is 0 Å². The van der Waals surface area contributed by atoms with Crippen LogP contribution in [0.4, 0.5) is 11.5 Å². The third-order valence-electron chi connectivity index (χ3n) is 1.94. The van der Waals surface area contributed by atoms with Crippen molar-refractivity contribution < 1.29 is 14.7 Å². The standard InChI is InChI=1S/C11H15N3O3S/c1-14(2)11-8(4-3-5-12-11)13-9(15)6-18-7-10(16)17/h3-5H,6-7H2,1-2H3,(H,13,15)(H,16,17). The number of nitrogens with zero attached hydrogens (tertiary/aromatic N) is 2. The molecule has 7 heteroatoms. The molecule has 0 bridgehead atoms. The maximum absolute atomic E-state index is 11.6. The van der Waals surface area contributed by atoms with Gasteiger partial charge in [0.2, 0.25) is 5.91 Å². The number of aromatic nitrogens is 1. The van der Waals surface area contributed by atoms with Crippen LogP contribution in [0.15, 0.2) is 18.3 Å². The zero-order chi connectivity index (χ0) is 13.5. The van der Waals surface area contributed by atoms with Gasteiger partial charge in [-0.3, -0.25) is 9.59 Å². The largest absolute Gasteiger partial charge is 0.481 e. The summed E-state index contributed by atoms with van der Waals surface area (Å²) in [5, 5.41) is 11.2. The van der Waals surface area contributed by atoms with Crippen LogP contribution < -0.4 is 10.2 Å². The fourth-order valence-corrected chi connectivity index (χ4v) is 1.80. The number of carboxylic acid groups (broad SMARTS) is 1. The Labute approximate surface area is 109 Å². The van der Waals surface area contributed by atoms with Crippen molar-refractivity contribution in [3.8, 4) is 0 Å². The molecule has 1 aromatic rings. The summed E-state index contributed by atoms with van der Waals surface area (Å²) >= 11 is 1.06. The van der Waals surface area contributed by atoms with Crippen LogP contribution in [-0.2, 0) is 9.59 Å². The molecular formula is C11H15N3O3S. The van der Waals surface area contributed by atoms with Crippen LogP contribution in [0.25, 0.3) is 0 Å². The Kier molecular flexibility index (Phi) is 5.44. The lowest BCUT2D eigenvalue weighted by Crippen LogP contribution is -2.19. The summed E-state index contributed by atoms with van der Waals surface area (Å²) in [4.78, 5) is 27.9. The average Bonchev–Trinajstić information content (AvgIpc) is 2.28. The van der Waals surface area contributed by atoms with Crippen molar-refractivity contribution >= 4 is 35.1 Å². The lowest BCUT2D eigenvalue weighted by atomic mass is 10.3. The van der Waals surface area contributed by atoms with Gasteiger partial charge in [-0.25, -0.2) is 4.98 Å². The fraction of sp³-hybridized carbons (Fsp3) is 0.364. The zero-order valence-corrected chi connectivity index (χ0v) is 11.0. The number of hydrogen-bond acceptors (Lipinski definition) is 5. The fourth-order valence-electron chi connectivity index (χ4n) is 1.27. The molecule has 0 spiro atoms. The highest BCUT2D eigenvalue weighted by atomic mass is 32.2. The molecule has 0 aliphatic rings. The Bertz CT molecular complexity index is 437. The first-order valence-corrected chi connectivity index (χ1v) is 6.38. The van der Waals surface area contributed by atoms with Gasteiger partial charge in [0.25, 0.3) is 0 Å². The SMILES string of the molecule is CN(C)c1ncccc1NC(=O)CSCC(=O)O. The minimum absolute atomic E-state index is 0.0823. The van der Waals surface area contributed by atoms with Gasteiger partial charge in [-0.15, -0.1) is 11.8 Å². The van der Waals surface area contributed by atoms with E-state index in [0.717, 1.165) is 11.8 Å². The van der Waals surface area contributed by atoms with E-state index in [-0.39, 0.29) is 17.4 Å². The topological polar surface area (TPSA) is 82.5 Å². The third-order valence-corrected chi connectivity index (χ3v) is 2.86. The second-order valence-corrected chi connectivity index (χ2v) is 4.69. The molecule has 1 rings (SSSR count). The number of amides is 1. The van der Waals surface area contributed by atoms with Crippen LogP contribution in [0, 0.1) is 0 Å². The number of thioether (sulfide) groups is 1. The molecule has 0 radical (unpaired) electrons. The highest BCUT2D eigenvalue weighted by Crippen LogP contribution is 2.20. The third kappa shape index (κ3) is 4.62. The molecule has 1 aromatic heterocycles. The maximum Gasteiger partial charge on any atom is 0.313 e. The van der Waals surface area contributed by atoms with E-state index in [1.165, 1.54) is 0 Å². The number of pyridine rings is 1. The molecule has 0 saturated carbocycles. The average molecular weight is 269 g/mol. The highest BCUT2D eigenvalue weighted by molar-refractivity contribution is 8.00. The van der Waals surface area contributed by atoms with E-state index in [1.807, 2.05) is 14.1 Å². The number of carbonyl (C=O) groups is 2. The lowest BCUT2D eigenvalue weighted by Gasteiger charge is -2.16. The van der Waals surface area contributed by atoms with Gasteiger partial charge in [0.05, 0.1) is 17.2 Å². The van der Waals surface area contributed by atoms with Gasteiger partial charge in [0.1, 0.15) is 0 Å². The normalized spacial score (nSPS) is 9.89. The smallest absolute Gasteiger partial charge is 0.313 e. The number of hydrogen-bond donors (Lipinski definition) is 2. The van der Waals surface area contributed by atoms with E-state index < -0.39 is 5.97 Å². The predicted molar refractivity (Wildman–Crippen MR) is 72.2 cm³/mol. The van der Waals surface area contributed by atoms with Crippen molar-refractivity contribution in [2.24, 2.45) is 0 Å². The van der Waals surface area contributed by atoms with E-state index in [4.69, 9.17) is 5.11 Å². The van der Waals surface area contributed by atoms with Gasteiger partial charge in [0, 0.05) is 20.3 Å². The predicted octanol–water partition coefficient (Wildman–Crippen LogP) is 0.904. The molecule has 0 atom stereocenters. The van der Waals surface area contributed by atoms with Gasteiger partial charge < -0.3 is 15.3 Å². The zero-order valence-electron chi connectivity index (χ0n) is 10.2. The Morgan fingerprint density at radius 3 is 2.78 bits per heavy atom. The lowest BCUT2D eigenvalue weighted by molar-refractivity contribution is -0.133. The van der Waals surface area contributed by atoms with Crippen LogP contribution in [0.5, 0.6) is 0 Å². The summed E-state index contributed by atoms with van der Waals surface area (Å²) in [6.07, 6.45) is 1.64. The Balaban J connectivity index is 2.56. The number of carbonyl (C=O) groups excluding carboxylic acids is 1. The van der Waals surface area contributed by atoms with Crippen LogP contribution in [0.3, 0.4) is 0 Å². The monoisotopic (exact) mass is 269 g/mol. The summed E-state index contributed by atoms with van der Waals surface area (Å²) < 4.78 is 0. The summed E-state index contributed by atoms with van der Waals surface area (Å²) in [5.74, 6) is -0.482. The van der Waals surface area contributed by atoms with Crippen molar-refractivity contribution in [1.82, 2.24) is 4.98 Å². The van der Waals surface area contributed by atoms with Crippen molar-refractivity contribution in [3.05, 3.63) is 18.3 Å². The van der Waals surface area contributed by atoms with Crippen molar-refractivity contribution in [3.63, 3.8) is 0 Å². The van der Waals surface area contributed by atoms with Crippen LogP contribution >= 0.6 is 11.8 Å². The van der Waals surface area contributed by atoms with Gasteiger partial charge in [-0.1, -0.05) is 0 Å². The second kappa shape index (κ2) is 6.85. The van der Waals surface area contributed by atoms with Gasteiger partial charge >= 0.3 is 5.97 Å². The van der Waals surface area contributed by atoms with Crippen molar-refractivity contribution in [2.75, 3.05) is 35.8 Å². The Hall–Kier alpha value is -1.76. The molecule has 1 heterocycles. The van der Waals surface area contributed by atoms with E-state index in [0.29, 0.717) is 11.5 Å². The van der Waals surface area contributed by atoms with Gasteiger partial charge in [-0.2, -0.15) is 0 Å². The molecule has 18 heavy (non-hydrogen) atoms. The molecule has 0 saturated heterocycles. The Morgan fingerprint density at radius 1 is 1.44 bits per heavy atom. The molecule has 6 nitrogen and oxygen atoms in total. The Morgan fingerprint density at radius 2 is 2.17 bits per heavy atom. The molecular weight excluding hydrogens is 254 g/mol. The molecule has 0 aromatic carbocycles. The van der Waals surface area contributed by atoms with E-state index >= 15 is 0 Å². The highest BCUT2D eigenvalue weighted by Gasteiger charge is 2.09. The minimum Gasteiger partial charge on any atom is -0.481 e. The molecule has 0 aliphatic heterocycles. The molecule has 98 valence electrons. The molecule has 0 unspecified atom stereocenters. The number of nitrogens with one attached hydrogen (secondary N) is 1. The van der Waals surface area contributed by atoms with Crippen molar-refractivity contribution in [2.45, 2.75) is 0 Å². The summed E-state index contributed by atoms with van der Waals surface area (Å²) in [5.41, 5.74) is 0.614. The first-order chi connectivity index (χ1) is 8.50. The minimum atomic E-state index is -0.928. The summed E-state index contributed by atoms with van der Waals surface area (Å²) in [7, 11) is 3.66.